The van der Waals surface area contributed by atoms with Gasteiger partial charge in [0.05, 0.1) is 0 Å². The summed E-state index contributed by atoms with van der Waals surface area (Å²) in [6.45, 7) is 5.58. The van der Waals surface area contributed by atoms with Crippen molar-refractivity contribution in [3.05, 3.63) is 58.7 Å². The lowest BCUT2D eigenvalue weighted by Crippen LogP contribution is -2.13. The fourth-order valence-corrected chi connectivity index (χ4v) is 5.32. The van der Waals surface area contributed by atoms with E-state index in [4.69, 9.17) is 4.18 Å². The molecule has 25 heavy (non-hydrogen) atoms. The van der Waals surface area contributed by atoms with Gasteiger partial charge in [0.2, 0.25) is 0 Å². The molecule has 0 amide bonds. The lowest BCUT2D eigenvalue weighted by atomic mass is 9.84. The summed E-state index contributed by atoms with van der Waals surface area (Å²) >= 11 is 0. The van der Waals surface area contributed by atoms with Gasteiger partial charge in [-0.2, -0.15) is 8.42 Å². The predicted molar refractivity (Wildman–Crippen MR) is 101 cm³/mol. The van der Waals surface area contributed by atoms with Crippen LogP contribution in [0.25, 0.3) is 0 Å². The Morgan fingerprint density at radius 2 is 1.44 bits per heavy atom. The van der Waals surface area contributed by atoms with Crippen molar-refractivity contribution >= 4 is 10.1 Å². The standard InChI is InChI=1S/C21H26O3S/c1-15-13-16(2)21(17(3)14-15)25(22,23)24-20-11-9-19(10-12-20)18-7-5-4-6-8-18/h9-14,18H,4-8H2,1-3H3. The van der Waals surface area contributed by atoms with E-state index >= 15 is 0 Å². The van der Waals surface area contributed by atoms with E-state index in [9.17, 15) is 8.42 Å². The third-order valence-corrected chi connectivity index (χ3v) is 6.57. The van der Waals surface area contributed by atoms with Crippen LogP contribution in [0.3, 0.4) is 0 Å². The van der Waals surface area contributed by atoms with E-state index in [2.05, 4.69) is 0 Å². The smallest absolute Gasteiger partial charge is 0.339 e. The zero-order valence-corrected chi connectivity index (χ0v) is 16.0. The summed E-state index contributed by atoms with van der Waals surface area (Å²) in [6.07, 6.45) is 6.33. The molecule has 3 rings (SSSR count). The van der Waals surface area contributed by atoms with Gasteiger partial charge in [0, 0.05) is 0 Å². The second-order valence-corrected chi connectivity index (χ2v) is 8.65. The quantitative estimate of drug-likeness (QED) is 0.685. The molecule has 1 fully saturated rings. The lowest BCUT2D eigenvalue weighted by molar-refractivity contribution is 0.443. The lowest BCUT2D eigenvalue weighted by Gasteiger charge is -2.22. The maximum absolute atomic E-state index is 12.7. The molecule has 0 aliphatic heterocycles. The van der Waals surface area contributed by atoms with Gasteiger partial charge in [0.25, 0.3) is 0 Å². The molecule has 0 unspecified atom stereocenters. The second kappa shape index (κ2) is 7.20. The molecule has 1 aliphatic carbocycles. The monoisotopic (exact) mass is 358 g/mol. The molecule has 0 spiro atoms. The molecule has 2 aromatic rings. The van der Waals surface area contributed by atoms with Crippen LogP contribution in [-0.4, -0.2) is 8.42 Å². The number of aryl methyl sites for hydroxylation is 3. The second-order valence-electron chi connectivity index (χ2n) is 7.17. The van der Waals surface area contributed by atoms with Crippen molar-refractivity contribution in [2.45, 2.75) is 63.7 Å². The van der Waals surface area contributed by atoms with E-state index < -0.39 is 10.1 Å². The highest BCUT2D eigenvalue weighted by atomic mass is 32.2. The van der Waals surface area contributed by atoms with E-state index in [1.165, 1.54) is 37.7 Å². The predicted octanol–water partition coefficient (Wildman–Crippen LogP) is 5.43. The molecule has 1 saturated carbocycles. The van der Waals surface area contributed by atoms with Crippen LogP contribution >= 0.6 is 0 Å². The van der Waals surface area contributed by atoms with Gasteiger partial charge >= 0.3 is 10.1 Å². The summed E-state index contributed by atoms with van der Waals surface area (Å²) in [6, 6.07) is 11.3. The first-order valence-corrected chi connectivity index (χ1v) is 10.4. The van der Waals surface area contributed by atoms with Crippen LogP contribution in [0.5, 0.6) is 5.75 Å². The van der Waals surface area contributed by atoms with Gasteiger partial charge in [-0.1, -0.05) is 49.1 Å². The first kappa shape index (κ1) is 18.0. The first-order valence-electron chi connectivity index (χ1n) is 8.99. The molecule has 4 heteroatoms. The average Bonchev–Trinajstić information content (AvgIpc) is 2.54. The summed E-state index contributed by atoms with van der Waals surface area (Å²) in [5.41, 5.74) is 3.77. The Kier molecular flexibility index (Phi) is 5.19. The zero-order valence-electron chi connectivity index (χ0n) is 15.2. The van der Waals surface area contributed by atoms with Crippen molar-refractivity contribution in [1.82, 2.24) is 0 Å². The van der Waals surface area contributed by atoms with Gasteiger partial charge in [-0.3, -0.25) is 0 Å². The molecule has 0 N–H and O–H groups in total. The maximum Gasteiger partial charge on any atom is 0.339 e. The first-order chi connectivity index (χ1) is 11.9. The Hall–Kier alpha value is -1.81. The minimum Gasteiger partial charge on any atom is -0.379 e. The van der Waals surface area contributed by atoms with Crippen LogP contribution in [-0.2, 0) is 10.1 Å². The minimum atomic E-state index is -3.83. The number of benzene rings is 2. The van der Waals surface area contributed by atoms with E-state index in [0.29, 0.717) is 11.7 Å². The fraction of sp³-hybridized carbons (Fsp3) is 0.429. The van der Waals surface area contributed by atoms with Crippen molar-refractivity contribution in [3.63, 3.8) is 0 Å². The Labute approximate surface area is 151 Å². The normalized spacial score (nSPS) is 16.0. The average molecular weight is 359 g/mol. The molecule has 0 radical (unpaired) electrons. The highest BCUT2D eigenvalue weighted by Crippen LogP contribution is 2.34. The van der Waals surface area contributed by atoms with Crippen LogP contribution in [0.4, 0.5) is 0 Å². The SMILES string of the molecule is Cc1cc(C)c(S(=O)(=O)Oc2ccc(C3CCCCC3)cc2)c(C)c1. The molecular formula is C21H26O3S. The topological polar surface area (TPSA) is 43.4 Å². The number of hydrogen-bond donors (Lipinski definition) is 0. The van der Waals surface area contributed by atoms with Crippen molar-refractivity contribution < 1.29 is 12.6 Å². The van der Waals surface area contributed by atoms with Gasteiger partial charge in [0.1, 0.15) is 10.6 Å². The highest BCUT2D eigenvalue weighted by Gasteiger charge is 2.22. The summed E-state index contributed by atoms with van der Waals surface area (Å²) in [4.78, 5) is 0.273. The van der Waals surface area contributed by atoms with Crippen LogP contribution in [0.15, 0.2) is 41.3 Å². The van der Waals surface area contributed by atoms with Gasteiger partial charge in [-0.05, 0) is 68.4 Å². The largest absolute Gasteiger partial charge is 0.379 e. The molecule has 134 valence electrons. The van der Waals surface area contributed by atoms with Crippen molar-refractivity contribution in [3.8, 4) is 5.75 Å². The summed E-state index contributed by atoms with van der Waals surface area (Å²) in [5, 5.41) is 0. The molecule has 2 aromatic carbocycles. The third kappa shape index (κ3) is 4.06. The molecule has 0 atom stereocenters. The Balaban J connectivity index is 1.82. The fourth-order valence-electron chi connectivity index (χ4n) is 3.96. The summed E-state index contributed by atoms with van der Waals surface area (Å²) < 4.78 is 30.8. The third-order valence-electron chi connectivity index (χ3n) is 5.02. The molecular weight excluding hydrogens is 332 g/mol. The molecule has 1 aliphatic rings. The van der Waals surface area contributed by atoms with Crippen LogP contribution in [0.2, 0.25) is 0 Å². The Bertz CT molecular complexity index is 822. The minimum absolute atomic E-state index is 0.273. The van der Waals surface area contributed by atoms with E-state index in [1.54, 1.807) is 12.1 Å². The van der Waals surface area contributed by atoms with Gasteiger partial charge < -0.3 is 4.18 Å². The molecule has 0 saturated heterocycles. The molecule has 0 aromatic heterocycles. The summed E-state index contributed by atoms with van der Waals surface area (Å²) in [7, 11) is -3.83. The Morgan fingerprint density at radius 3 is 2.00 bits per heavy atom. The van der Waals surface area contributed by atoms with E-state index in [1.807, 2.05) is 45.0 Å². The van der Waals surface area contributed by atoms with Gasteiger partial charge in [-0.15, -0.1) is 0 Å². The summed E-state index contributed by atoms with van der Waals surface area (Å²) in [5.74, 6) is 0.972. The van der Waals surface area contributed by atoms with Crippen LogP contribution < -0.4 is 4.18 Å². The molecule has 0 bridgehead atoms. The van der Waals surface area contributed by atoms with E-state index in [-0.39, 0.29) is 4.90 Å². The van der Waals surface area contributed by atoms with Crippen molar-refractivity contribution in [2.24, 2.45) is 0 Å². The van der Waals surface area contributed by atoms with Gasteiger partial charge in [-0.25, -0.2) is 0 Å². The molecule has 0 heterocycles. The molecule has 3 nitrogen and oxygen atoms in total. The zero-order chi connectivity index (χ0) is 18.0. The van der Waals surface area contributed by atoms with Gasteiger partial charge in [0.15, 0.2) is 0 Å². The number of hydrogen-bond acceptors (Lipinski definition) is 3. The Morgan fingerprint density at radius 1 is 0.880 bits per heavy atom. The maximum atomic E-state index is 12.7. The van der Waals surface area contributed by atoms with E-state index in [0.717, 1.165) is 16.7 Å². The highest BCUT2D eigenvalue weighted by molar-refractivity contribution is 7.87. The van der Waals surface area contributed by atoms with Crippen LogP contribution in [0.1, 0.15) is 60.3 Å². The van der Waals surface area contributed by atoms with Crippen molar-refractivity contribution in [1.29, 1.82) is 0 Å². The van der Waals surface area contributed by atoms with Crippen molar-refractivity contribution in [2.75, 3.05) is 0 Å². The van der Waals surface area contributed by atoms with Crippen LogP contribution in [0, 0.1) is 20.8 Å². The number of rotatable bonds is 4.